The van der Waals surface area contributed by atoms with Crippen LogP contribution in [0.2, 0.25) is 0 Å². The van der Waals surface area contributed by atoms with Gasteiger partial charge in [0, 0.05) is 24.1 Å². The predicted octanol–water partition coefficient (Wildman–Crippen LogP) is 2.60. The van der Waals surface area contributed by atoms with Crippen molar-refractivity contribution < 1.29 is 0 Å². The second kappa shape index (κ2) is 7.04. The van der Waals surface area contributed by atoms with Gasteiger partial charge in [0.1, 0.15) is 0 Å². The van der Waals surface area contributed by atoms with Crippen LogP contribution in [-0.4, -0.2) is 37.0 Å². The van der Waals surface area contributed by atoms with Gasteiger partial charge in [0.2, 0.25) is 0 Å². The van der Waals surface area contributed by atoms with Crippen molar-refractivity contribution in [1.82, 2.24) is 4.90 Å². The lowest BCUT2D eigenvalue weighted by Crippen LogP contribution is -2.18. The molecule has 1 aromatic carbocycles. The van der Waals surface area contributed by atoms with Crippen LogP contribution >= 0.6 is 11.8 Å². The largest absolute Gasteiger partial charge is 0.323 e. The van der Waals surface area contributed by atoms with Crippen molar-refractivity contribution in [3.63, 3.8) is 0 Å². The first-order chi connectivity index (χ1) is 8.00. The molecule has 0 saturated carbocycles. The van der Waals surface area contributed by atoms with Gasteiger partial charge in [-0.15, -0.1) is 0 Å². The molecule has 0 bridgehead atoms. The zero-order valence-electron chi connectivity index (χ0n) is 11.4. The molecule has 0 amide bonds. The van der Waals surface area contributed by atoms with Crippen molar-refractivity contribution in [2.75, 3.05) is 32.1 Å². The fourth-order valence-corrected chi connectivity index (χ4v) is 2.88. The van der Waals surface area contributed by atoms with E-state index in [4.69, 9.17) is 5.73 Å². The van der Waals surface area contributed by atoms with E-state index in [1.807, 2.05) is 11.8 Å². The Morgan fingerprint density at radius 3 is 2.59 bits per heavy atom. The Labute approximate surface area is 110 Å². The van der Waals surface area contributed by atoms with Gasteiger partial charge in [-0.2, -0.15) is 11.8 Å². The summed E-state index contributed by atoms with van der Waals surface area (Å²) in [6, 6.07) is 6.68. The highest BCUT2D eigenvalue weighted by molar-refractivity contribution is 7.99. The van der Waals surface area contributed by atoms with Gasteiger partial charge < -0.3 is 10.6 Å². The molecule has 96 valence electrons. The molecular weight excluding hydrogens is 228 g/mol. The summed E-state index contributed by atoms with van der Waals surface area (Å²) in [6.45, 7) is 5.38. The maximum absolute atomic E-state index is 6.23. The Kier molecular flexibility index (Phi) is 6.03. The quantitative estimate of drug-likeness (QED) is 0.789. The van der Waals surface area contributed by atoms with Crippen molar-refractivity contribution in [2.45, 2.75) is 19.9 Å². The van der Waals surface area contributed by atoms with E-state index in [0.29, 0.717) is 0 Å². The number of hydrogen-bond donors (Lipinski definition) is 1. The van der Waals surface area contributed by atoms with E-state index in [1.165, 1.54) is 16.7 Å². The maximum Gasteiger partial charge on any atom is 0.0389 e. The van der Waals surface area contributed by atoms with E-state index in [2.05, 4.69) is 51.0 Å². The molecule has 17 heavy (non-hydrogen) atoms. The lowest BCUT2D eigenvalue weighted by molar-refractivity contribution is 0.437. The molecule has 0 aliphatic heterocycles. The zero-order valence-corrected chi connectivity index (χ0v) is 12.2. The predicted molar refractivity (Wildman–Crippen MR) is 78.7 cm³/mol. The number of thioether (sulfide) groups is 1. The van der Waals surface area contributed by atoms with Crippen molar-refractivity contribution in [1.29, 1.82) is 0 Å². The van der Waals surface area contributed by atoms with Gasteiger partial charge >= 0.3 is 0 Å². The average Bonchev–Trinajstić information content (AvgIpc) is 2.23. The highest BCUT2D eigenvalue weighted by Gasteiger charge is 2.08. The van der Waals surface area contributed by atoms with Crippen LogP contribution in [0.1, 0.15) is 22.7 Å². The molecule has 0 saturated heterocycles. The second-order valence-corrected chi connectivity index (χ2v) is 5.99. The number of hydrogen-bond acceptors (Lipinski definition) is 3. The average molecular weight is 252 g/mol. The molecule has 2 nitrogen and oxygen atoms in total. The molecule has 0 fully saturated rings. The molecule has 0 heterocycles. The molecule has 1 unspecified atom stereocenters. The number of aryl methyl sites for hydroxylation is 2. The van der Waals surface area contributed by atoms with Crippen LogP contribution in [0.15, 0.2) is 18.2 Å². The van der Waals surface area contributed by atoms with Gasteiger partial charge in [-0.05, 0) is 39.1 Å². The maximum atomic E-state index is 6.23. The summed E-state index contributed by atoms with van der Waals surface area (Å²) in [5, 5.41) is 0. The molecule has 0 spiro atoms. The first-order valence-electron chi connectivity index (χ1n) is 6.06. The Bertz CT molecular complexity index is 350. The third-order valence-electron chi connectivity index (χ3n) is 2.81. The summed E-state index contributed by atoms with van der Waals surface area (Å²) < 4.78 is 0. The van der Waals surface area contributed by atoms with Gasteiger partial charge in [-0.3, -0.25) is 0 Å². The van der Waals surface area contributed by atoms with Crippen molar-refractivity contribution in [3.8, 4) is 0 Å². The second-order valence-electron chi connectivity index (χ2n) is 4.84. The monoisotopic (exact) mass is 252 g/mol. The third kappa shape index (κ3) is 5.11. The molecule has 3 heteroatoms. The van der Waals surface area contributed by atoms with Crippen molar-refractivity contribution >= 4 is 11.8 Å². The van der Waals surface area contributed by atoms with E-state index in [9.17, 15) is 0 Å². The number of nitrogens with zero attached hydrogens (tertiary/aromatic N) is 1. The van der Waals surface area contributed by atoms with Gasteiger partial charge in [0.05, 0.1) is 0 Å². The van der Waals surface area contributed by atoms with E-state index in [0.717, 1.165) is 18.1 Å². The van der Waals surface area contributed by atoms with Gasteiger partial charge in [-0.1, -0.05) is 23.8 Å². The lowest BCUT2D eigenvalue weighted by atomic mass is 10.0. The Hall–Kier alpha value is -0.510. The number of nitrogens with two attached hydrogens (primary N) is 1. The molecule has 0 aromatic heterocycles. The molecule has 1 atom stereocenters. The summed E-state index contributed by atoms with van der Waals surface area (Å²) in [6.07, 6.45) is 0. The summed E-state index contributed by atoms with van der Waals surface area (Å²) in [7, 11) is 4.20. The topological polar surface area (TPSA) is 29.3 Å². The van der Waals surface area contributed by atoms with Crippen molar-refractivity contribution in [2.24, 2.45) is 5.73 Å². The Balaban J connectivity index is 2.44. The van der Waals surface area contributed by atoms with Crippen LogP contribution < -0.4 is 5.73 Å². The van der Waals surface area contributed by atoms with E-state index in [1.54, 1.807) is 0 Å². The highest BCUT2D eigenvalue weighted by atomic mass is 32.2. The van der Waals surface area contributed by atoms with Gasteiger partial charge in [0.25, 0.3) is 0 Å². The zero-order chi connectivity index (χ0) is 12.8. The van der Waals surface area contributed by atoms with E-state index in [-0.39, 0.29) is 6.04 Å². The minimum absolute atomic E-state index is 0.155. The summed E-state index contributed by atoms with van der Waals surface area (Å²) in [4.78, 5) is 2.20. The van der Waals surface area contributed by atoms with E-state index < -0.39 is 0 Å². The first-order valence-corrected chi connectivity index (χ1v) is 7.21. The minimum atomic E-state index is 0.155. The third-order valence-corrected chi connectivity index (χ3v) is 3.87. The summed E-state index contributed by atoms with van der Waals surface area (Å²) >= 11 is 1.93. The molecule has 0 radical (unpaired) electrons. The Morgan fingerprint density at radius 1 is 1.29 bits per heavy atom. The smallest absolute Gasteiger partial charge is 0.0389 e. The first kappa shape index (κ1) is 14.6. The fraction of sp³-hybridized carbons (Fsp3) is 0.571. The summed E-state index contributed by atoms with van der Waals surface area (Å²) in [5.41, 5.74) is 10.1. The fourth-order valence-electron chi connectivity index (χ4n) is 1.79. The molecule has 0 aliphatic carbocycles. The standard InChI is InChI=1S/C14H24N2S/c1-11-5-6-13(12(2)9-11)14(15)10-17-8-7-16(3)4/h5-6,9,14H,7-8,10,15H2,1-4H3. The van der Waals surface area contributed by atoms with Crippen LogP contribution in [0.3, 0.4) is 0 Å². The lowest BCUT2D eigenvalue weighted by Gasteiger charge is -2.16. The Morgan fingerprint density at radius 2 is 2.00 bits per heavy atom. The van der Waals surface area contributed by atoms with Crippen molar-refractivity contribution in [3.05, 3.63) is 34.9 Å². The van der Waals surface area contributed by atoms with Crippen LogP contribution in [0, 0.1) is 13.8 Å². The van der Waals surface area contributed by atoms with Crippen LogP contribution in [-0.2, 0) is 0 Å². The summed E-state index contributed by atoms with van der Waals surface area (Å²) in [5.74, 6) is 2.14. The minimum Gasteiger partial charge on any atom is -0.323 e. The van der Waals surface area contributed by atoms with Gasteiger partial charge in [0.15, 0.2) is 0 Å². The number of benzene rings is 1. The normalized spacial score (nSPS) is 13.1. The molecule has 0 aliphatic rings. The molecule has 1 rings (SSSR count). The highest BCUT2D eigenvalue weighted by Crippen LogP contribution is 2.20. The van der Waals surface area contributed by atoms with Gasteiger partial charge in [-0.25, -0.2) is 0 Å². The molecular formula is C14H24N2S. The molecule has 1 aromatic rings. The SMILES string of the molecule is Cc1ccc(C(N)CSCCN(C)C)c(C)c1. The van der Waals surface area contributed by atoms with Crippen LogP contribution in [0.4, 0.5) is 0 Å². The van der Waals surface area contributed by atoms with E-state index >= 15 is 0 Å². The molecule has 2 N–H and O–H groups in total. The van der Waals surface area contributed by atoms with Crippen LogP contribution in [0.5, 0.6) is 0 Å². The number of rotatable bonds is 6. The van der Waals surface area contributed by atoms with Crippen LogP contribution in [0.25, 0.3) is 0 Å².